The van der Waals surface area contributed by atoms with Gasteiger partial charge in [-0.05, 0) is 36.4 Å². The van der Waals surface area contributed by atoms with Crippen molar-refractivity contribution in [3.63, 3.8) is 0 Å². The molecule has 174 valence electrons. The normalized spacial score (nSPS) is 21.4. The summed E-state index contributed by atoms with van der Waals surface area (Å²) in [7, 11) is -4.55. The number of hydrogen-bond donors (Lipinski definition) is 2. The number of halogens is 4. The molecule has 2 aromatic carbocycles. The minimum atomic E-state index is -4.78. The zero-order valence-electron chi connectivity index (χ0n) is 16.5. The van der Waals surface area contributed by atoms with Gasteiger partial charge in [-0.25, -0.2) is 8.42 Å². The molecule has 0 radical (unpaired) electrons. The van der Waals surface area contributed by atoms with E-state index in [2.05, 4.69) is 0 Å². The van der Waals surface area contributed by atoms with E-state index in [9.17, 15) is 37.1 Å². The summed E-state index contributed by atoms with van der Waals surface area (Å²) in [5, 5.41) is 38.6. The summed E-state index contributed by atoms with van der Waals surface area (Å²) in [6.45, 7) is -2.06. The molecule has 0 bridgehead atoms. The van der Waals surface area contributed by atoms with E-state index in [0.717, 1.165) is 0 Å². The Morgan fingerprint density at radius 1 is 1.21 bits per heavy atom. The van der Waals surface area contributed by atoms with Gasteiger partial charge in [0.1, 0.15) is 23.5 Å². The molecule has 0 saturated carbocycles. The summed E-state index contributed by atoms with van der Waals surface area (Å²) in [6.07, 6.45) is -6.10. The van der Waals surface area contributed by atoms with Crippen LogP contribution in [0.2, 0.25) is 5.02 Å². The molecule has 1 aliphatic heterocycles. The number of alkyl halides is 3. The largest absolute Gasteiger partial charge is 0.484 e. The number of aliphatic hydroxyl groups is 2. The van der Waals surface area contributed by atoms with Crippen molar-refractivity contribution in [2.24, 2.45) is 0 Å². The Labute approximate surface area is 191 Å². The second kappa shape index (κ2) is 8.82. The summed E-state index contributed by atoms with van der Waals surface area (Å²) >= 11 is 6.06. The third-order valence-corrected chi connectivity index (χ3v) is 7.23. The van der Waals surface area contributed by atoms with Crippen LogP contribution in [-0.4, -0.2) is 54.3 Å². The Morgan fingerprint density at radius 3 is 2.45 bits per heavy atom. The second-order valence-electron chi connectivity index (χ2n) is 7.24. The summed E-state index contributed by atoms with van der Waals surface area (Å²) in [5.74, 6) is 0.0130. The van der Waals surface area contributed by atoms with Gasteiger partial charge >= 0.3 is 6.18 Å². The minimum absolute atomic E-state index is 0.00477. The highest BCUT2D eigenvalue weighted by Gasteiger charge is 2.51. The van der Waals surface area contributed by atoms with Gasteiger partial charge in [0.15, 0.2) is 0 Å². The van der Waals surface area contributed by atoms with Crippen molar-refractivity contribution in [1.29, 1.82) is 10.5 Å². The predicted molar refractivity (Wildman–Crippen MR) is 108 cm³/mol. The van der Waals surface area contributed by atoms with Crippen LogP contribution >= 0.6 is 11.6 Å². The zero-order chi connectivity index (χ0) is 24.6. The molecule has 1 fully saturated rings. The first-order chi connectivity index (χ1) is 15.4. The van der Waals surface area contributed by atoms with E-state index >= 15 is 0 Å². The van der Waals surface area contributed by atoms with Gasteiger partial charge in [-0.1, -0.05) is 11.6 Å². The molecule has 1 heterocycles. The van der Waals surface area contributed by atoms with Crippen LogP contribution < -0.4 is 4.74 Å². The summed E-state index contributed by atoms with van der Waals surface area (Å²) in [4.78, 5) is -0.685. The number of hydrogen-bond acceptors (Lipinski definition) is 7. The van der Waals surface area contributed by atoms with Crippen molar-refractivity contribution >= 4 is 21.6 Å². The minimum Gasteiger partial charge on any atom is -0.484 e. The molecule has 33 heavy (non-hydrogen) atoms. The SMILES string of the molecule is N#Cc1ccc(O[C@H]2CN(S(=O)(=O)c3ccc(C(F)(F)F)cc3C#N)C[C@@]2(O)CO)c(Cl)c1. The van der Waals surface area contributed by atoms with Crippen LogP contribution in [-0.2, 0) is 16.2 Å². The number of nitrogens with zero attached hydrogens (tertiary/aromatic N) is 3. The quantitative estimate of drug-likeness (QED) is 0.641. The Kier molecular flexibility index (Phi) is 6.62. The molecule has 0 amide bonds. The van der Waals surface area contributed by atoms with Gasteiger partial charge in [0.2, 0.25) is 10.0 Å². The summed E-state index contributed by atoms with van der Waals surface area (Å²) in [6, 6.07) is 8.95. The van der Waals surface area contributed by atoms with E-state index in [1.807, 2.05) is 6.07 Å². The fraction of sp³-hybridized carbons (Fsp3) is 0.300. The molecular weight excluding hydrogens is 487 g/mol. The number of rotatable bonds is 5. The molecule has 2 aromatic rings. The second-order valence-corrected chi connectivity index (χ2v) is 9.56. The van der Waals surface area contributed by atoms with Crippen molar-refractivity contribution in [2.45, 2.75) is 22.8 Å². The number of benzene rings is 2. The van der Waals surface area contributed by atoms with Crippen LogP contribution in [0.25, 0.3) is 0 Å². The maximum atomic E-state index is 13.1. The maximum absolute atomic E-state index is 13.1. The van der Waals surface area contributed by atoms with Gasteiger partial charge in [0.25, 0.3) is 0 Å². The molecule has 8 nitrogen and oxygen atoms in total. The lowest BCUT2D eigenvalue weighted by atomic mass is 10.0. The average Bonchev–Trinajstić information content (AvgIpc) is 3.11. The first kappa shape index (κ1) is 24.8. The highest BCUT2D eigenvalue weighted by atomic mass is 35.5. The number of nitriles is 2. The van der Waals surface area contributed by atoms with E-state index < -0.39 is 63.6 Å². The van der Waals surface area contributed by atoms with E-state index in [0.29, 0.717) is 22.5 Å². The van der Waals surface area contributed by atoms with E-state index in [1.54, 1.807) is 0 Å². The summed E-state index contributed by atoms with van der Waals surface area (Å²) < 4.78 is 71.4. The lowest BCUT2D eigenvalue weighted by Crippen LogP contribution is -2.48. The van der Waals surface area contributed by atoms with E-state index in [1.165, 1.54) is 24.3 Å². The molecule has 0 aromatic heterocycles. The molecule has 3 rings (SSSR count). The van der Waals surface area contributed by atoms with Gasteiger partial charge in [-0.2, -0.15) is 28.0 Å². The Hall–Kier alpha value is -2.87. The van der Waals surface area contributed by atoms with Gasteiger partial charge in [-0.15, -0.1) is 0 Å². The van der Waals surface area contributed by atoms with Gasteiger partial charge in [0, 0.05) is 6.54 Å². The molecule has 2 N–H and O–H groups in total. The maximum Gasteiger partial charge on any atom is 0.416 e. The Bertz CT molecular complexity index is 1270. The lowest BCUT2D eigenvalue weighted by molar-refractivity contribution is -0.137. The van der Waals surface area contributed by atoms with Crippen LogP contribution in [0.4, 0.5) is 13.2 Å². The Balaban J connectivity index is 1.95. The highest BCUT2D eigenvalue weighted by Crippen LogP contribution is 2.36. The molecule has 1 saturated heterocycles. The molecule has 13 heteroatoms. The van der Waals surface area contributed by atoms with Crippen LogP contribution in [0.5, 0.6) is 5.75 Å². The van der Waals surface area contributed by atoms with Crippen LogP contribution in [0.3, 0.4) is 0 Å². The first-order valence-corrected chi connectivity index (χ1v) is 11.0. The third-order valence-electron chi connectivity index (χ3n) is 5.07. The van der Waals surface area contributed by atoms with Crippen molar-refractivity contribution in [2.75, 3.05) is 19.7 Å². The van der Waals surface area contributed by atoms with Crippen molar-refractivity contribution < 1.29 is 36.5 Å². The highest BCUT2D eigenvalue weighted by molar-refractivity contribution is 7.89. The number of sulfonamides is 1. The fourth-order valence-electron chi connectivity index (χ4n) is 3.29. The third kappa shape index (κ3) is 4.76. The monoisotopic (exact) mass is 501 g/mol. The van der Waals surface area contributed by atoms with E-state index in [-0.39, 0.29) is 16.3 Å². The van der Waals surface area contributed by atoms with Crippen LogP contribution in [0, 0.1) is 22.7 Å². The lowest BCUT2D eigenvalue weighted by Gasteiger charge is -2.27. The molecule has 2 atom stereocenters. The number of aliphatic hydroxyl groups excluding tert-OH is 1. The fourth-order valence-corrected chi connectivity index (χ4v) is 5.14. The first-order valence-electron chi connectivity index (χ1n) is 9.17. The number of β-amino-alcohol motifs (C(OH)–C–C–N with tert-alkyl or cyclic N) is 1. The molecule has 1 aliphatic rings. The predicted octanol–water partition coefficient (Wildman–Crippen LogP) is 2.28. The standard InChI is InChI=1S/C20H15ClF3N3O5S/c21-15-5-12(7-25)1-3-16(15)32-18-9-27(10-19(18,29)11-28)33(30,31)17-4-2-14(20(22,23)24)6-13(17)8-26/h1-6,18,28-29H,9-11H2/t18-,19+/m0/s1. The average molecular weight is 502 g/mol. The van der Waals surface area contributed by atoms with Gasteiger partial charge in [-0.3, -0.25) is 0 Å². The Morgan fingerprint density at radius 2 is 1.91 bits per heavy atom. The zero-order valence-corrected chi connectivity index (χ0v) is 18.1. The topological polar surface area (TPSA) is 135 Å². The molecule has 0 unspecified atom stereocenters. The smallest absolute Gasteiger partial charge is 0.416 e. The molecule has 0 aliphatic carbocycles. The summed E-state index contributed by atoms with van der Waals surface area (Å²) in [5.41, 5.74) is -3.77. The molecular formula is C20H15ClF3N3O5S. The number of ether oxygens (including phenoxy) is 1. The van der Waals surface area contributed by atoms with Crippen LogP contribution in [0.15, 0.2) is 41.3 Å². The van der Waals surface area contributed by atoms with E-state index in [4.69, 9.17) is 21.6 Å². The van der Waals surface area contributed by atoms with Crippen LogP contribution in [0.1, 0.15) is 16.7 Å². The van der Waals surface area contributed by atoms with Crippen molar-refractivity contribution in [3.05, 3.63) is 58.1 Å². The van der Waals surface area contributed by atoms with Crippen molar-refractivity contribution in [1.82, 2.24) is 4.31 Å². The van der Waals surface area contributed by atoms with Gasteiger partial charge < -0.3 is 14.9 Å². The molecule has 0 spiro atoms. The van der Waals surface area contributed by atoms with Crippen molar-refractivity contribution in [3.8, 4) is 17.9 Å². The van der Waals surface area contributed by atoms with Gasteiger partial charge in [0.05, 0.1) is 45.8 Å².